The molecule has 1 aromatic carbocycles. The molecule has 3 aromatic rings. The number of aryl methyl sites for hydroxylation is 1. The van der Waals surface area contributed by atoms with Crippen LogP contribution < -0.4 is 14.8 Å². The van der Waals surface area contributed by atoms with Crippen LogP contribution in [0.1, 0.15) is 12.3 Å². The van der Waals surface area contributed by atoms with Gasteiger partial charge in [0.2, 0.25) is 24.4 Å². The minimum atomic E-state index is -0.161. The highest BCUT2D eigenvalue weighted by Crippen LogP contribution is 2.34. The van der Waals surface area contributed by atoms with Crippen LogP contribution in [0.4, 0.5) is 5.69 Å². The van der Waals surface area contributed by atoms with E-state index in [4.69, 9.17) is 18.4 Å². The zero-order chi connectivity index (χ0) is 16.4. The standard InChI is InChI=1S/C16H13N3O5/c20-14(17-10-3-4-11-13(8-10)23-9-22-11)5-6-15-18-16(19-24-15)12-2-1-7-21-12/h1-4,7-8H,5-6,9H2,(H,17,20). The highest BCUT2D eigenvalue weighted by molar-refractivity contribution is 5.91. The number of hydrogen-bond donors (Lipinski definition) is 1. The fourth-order valence-corrected chi connectivity index (χ4v) is 2.28. The lowest BCUT2D eigenvalue weighted by Gasteiger charge is -2.05. The Kier molecular flexibility index (Phi) is 3.62. The Morgan fingerprint density at radius 3 is 3.00 bits per heavy atom. The molecule has 0 unspecified atom stereocenters. The summed E-state index contributed by atoms with van der Waals surface area (Å²) in [6.45, 7) is 0.196. The van der Waals surface area contributed by atoms with Gasteiger partial charge >= 0.3 is 0 Å². The lowest BCUT2D eigenvalue weighted by atomic mass is 10.2. The number of amides is 1. The van der Waals surface area contributed by atoms with E-state index in [1.165, 1.54) is 6.26 Å². The number of rotatable bonds is 5. The summed E-state index contributed by atoms with van der Waals surface area (Å²) in [5, 5.41) is 6.61. The van der Waals surface area contributed by atoms with Crippen molar-refractivity contribution in [1.82, 2.24) is 10.1 Å². The molecule has 1 N–H and O–H groups in total. The third-order valence-corrected chi connectivity index (χ3v) is 3.43. The normalized spacial score (nSPS) is 12.3. The summed E-state index contributed by atoms with van der Waals surface area (Å²) in [7, 11) is 0. The predicted molar refractivity (Wildman–Crippen MR) is 81.5 cm³/mol. The molecule has 0 fully saturated rings. The van der Waals surface area contributed by atoms with Crippen LogP contribution in [0.15, 0.2) is 45.5 Å². The molecule has 0 saturated carbocycles. The number of nitrogens with one attached hydrogen (secondary N) is 1. The van der Waals surface area contributed by atoms with Gasteiger partial charge in [-0.1, -0.05) is 5.16 Å². The van der Waals surface area contributed by atoms with E-state index in [-0.39, 0.29) is 19.1 Å². The molecule has 3 heterocycles. The number of fused-ring (bicyclic) bond motifs is 1. The number of aromatic nitrogens is 2. The van der Waals surface area contributed by atoms with Gasteiger partial charge in [-0.05, 0) is 24.3 Å². The Morgan fingerprint density at radius 2 is 2.12 bits per heavy atom. The number of benzene rings is 1. The van der Waals surface area contributed by atoms with E-state index >= 15 is 0 Å². The van der Waals surface area contributed by atoms with Gasteiger partial charge in [0, 0.05) is 24.6 Å². The molecule has 1 amide bonds. The average molecular weight is 327 g/mol. The van der Waals surface area contributed by atoms with Crippen molar-refractivity contribution in [2.45, 2.75) is 12.8 Å². The maximum atomic E-state index is 12.0. The summed E-state index contributed by atoms with van der Waals surface area (Å²) in [5.41, 5.74) is 0.644. The van der Waals surface area contributed by atoms with E-state index in [0.29, 0.717) is 41.1 Å². The molecule has 4 rings (SSSR count). The lowest BCUT2D eigenvalue weighted by molar-refractivity contribution is -0.116. The molecule has 122 valence electrons. The second-order valence-electron chi connectivity index (χ2n) is 5.11. The van der Waals surface area contributed by atoms with E-state index in [2.05, 4.69) is 15.5 Å². The van der Waals surface area contributed by atoms with E-state index in [9.17, 15) is 4.79 Å². The van der Waals surface area contributed by atoms with Crippen molar-refractivity contribution < 1.29 is 23.2 Å². The first-order chi connectivity index (χ1) is 11.8. The summed E-state index contributed by atoms with van der Waals surface area (Å²) in [6.07, 6.45) is 2.09. The molecule has 1 aliphatic rings. The smallest absolute Gasteiger partial charge is 0.238 e. The van der Waals surface area contributed by atoms with Crippen LogP contribution in [-0.4, -0.2) is 22.8 Å². The van der Waals surface area contributed by atoms with Crippen LogP contribution >= 0.6 is 0 Å². The van der Waals surface area contributed by atoms with E-state index in [1.807, 2.05) is 0 Å². The van der Waals surface area contributed by atoms with Crippen LogP contribution in [0, 0.1) is 0 Å². The van der Waals surface area contributed by atoms with Crippen molar-refractivity contribution in [3.8, 4) is 23.1 Å². The molecule has 0 bridgehead atoms. The van der Waals surface area contributed by atoms with E-state index in [0.717, 1.165) is 0 Å². The lowest BCUT2D eigenvalue weighted by Crippen LogP contribution is -2.12. The number of carbonyl (C=O) groups excluding carboxylic acids is 1. The molecular formula is C16H13N3O5. The SMILES string of the molecule is O=C(CCc1nc(-c2ccco2)no1)Nc1ccc2c(c1)OCO2. The maximum absolute atomic E-state index is 12.0. The van der Waals surface area contributed by atoms with Gasteiger partial charge in [0.1, 0.15) is 0 Å². The van der Waals surface area contributed by atoms with Crippen molar-refractivity contribution in [1.29, 1.82) is 0 Å². The molecule has 8 heteroatoms. The fourth-order valence-electron chi connectivity index (χ4n) is 2.28. The van der Waals surface area contributed by atoms with E-state index in [1.54, 1.807) is 30.3 Å². The van der Waals surface area contributed by atoms with Crippen LogP contribution in [0.25, 0.3) is 11.6 Å². The maximum Gasteiger partial charge on any atom is 0.238 e. The molecule has 1 aliphatic heterocycles. The van der Waals surface area contributed by atoms with Crippen LogP contribution in [0.2, 0.25) is 0 Å². The largest absolute Gasteiger partial charge is 0.461 e. The molecule has 0 saturated heterocycles. The minimum absolute atomic E-state index is 0.161. The van der Waals surface area contributed by atoms with Gasteiger partial charge in [-0.2, -0.15) is 4.98 Å². The van der Waals surface area contributed by atoms with Gasteiger partial charge in [0.05, 0.1) is 6.26 Å². The van der Waals surface area contributed by atoms with Gasteiger partial charge in [0.15, 0.2) is 17.3 Å². The molecule has 0 spiro atoms. The Labute approximate surface area is 136 Å². The minimum Gasteiger partial charge on any atom is -0.461 e. The molecule has 8 nitrogen and oxygen atoms in total. The molecule has 0 aliphatic carbocycles. The van der Waals surface area contributed by atoms with Crippen LogP contribution in [0.3, 0.4) is 0 Å². The summed E-state index contributed by atoms with van der Waals surface area (Å²) < 4.78 is 20.8. The molecule has 0 radical (unpaired) electrons. The summed E-state index contributed by atoms with van der Waals surface area (Å²) in [5.74, 6) is 2.40. The number of carbonyl (C=O) groups is 1. The number of anilines is 1. The Morgan fingerprint density at radius 1 is 1.21 bits per heavy atom. The summed E-state index contributed by atoms with van der Waals surface area (Å²) in [6, 6.07) is 8.71. The number of hydrogen-bond acceptors (Lipinski definition) is 7. The fraction of sp³-hybridized carbons (Fsp3) is 0.188. The van der Waals surface area contributed by atoms with E-state index < -0.39 is 0 Å². The first kappa shape index (κ1) is 14.3. The highest BCUT2D eigenvalue weighted by Gasteiger charge is 2.15. The first-order valence-electron chi connectivity index (χ1n) is 7.34. The number of nitrogens with zero attached hydrogens (tertiary/aromatic N) is 2. The summed E-state index contributed by atoms with van der Waals surface area (Å²) >= 11 is 0. The van der Waals surface area contributed by atoms with Crippen molar-refractivity contribution in [2.75, 3.05) is 12.1 Å². The van der Waals surface area contributed by atoms with Crippen molar-refractivity contribution in [2.24, 2.45) is 0 Å². The molecule has 24 heavy (non-hydrogen) atoms. The molecule has 0 atom stereocenters. The van der Waals surface area contributed by atoms with Crippen LogP contribution in [-0.2, 0) is 11.2 Å². The topological polar surface area (TPSA) is 99.6 Å². The third kappa shape index (κ3) is 2.94. The molecular weight excluding hydrogens is 314 g/mol. The Hall–Kier alpha value is -3.29. The predicted octanol–water partition coefficient (Wildman–Crippen LogP) is 2.63. The third-order valence-electron chi connectivity index (χ3n) is 3.43. The van der Waals surface area contributed by atoms with Crippen molar-refractivity contribution >= 4 is 11.6 Å². The van der Waals surface area contributed by atoms with Gasteiger partial charge < -0.3 is 23.7 Å². The van der Waals surface area contributed by atoms with Crippen molar-refractivity contribution in [3.05, 3.63) is 42.5 Å². The van der Waals surface area contributed by atoms with Crippen molar-refractivity contribution in [3.63, 3.8) is 0 Å². The Bertz CT molecular complexity index is 856. The first-order valence-corrected chi connectivity index (χ1v) is 7.34. The quantitative estimate of drug-likeness (QED) is 0.769. The second-order valence-corrected chi connectivity index (χ2v) is 5.11. The zero-order valence-corrected chi connectivity index (χ0v) is 12.5. The number of ether oxygens (including phenoxy) is 2. The van der Waals surface area contributed by atoms with Gasteiger partial charge in [0.25, 0.3) is 0 Å². The highest BCUT2D eigenvalue weighted by atomic mass is 16.7. The van der Waals surface area contributed by atoms with Crippen LogP contribution in [0.5, 0.6) is 11.5 Å². The summed E-state index contributed by atoms with van der Waals surface area (Å²) in [4.78, 5) is 16.2. The molecule has 2 aromatic heterocycles. The monoisotopic (exact) mass is 327 g/mol. The van der Waals surface area contributed by atoms with Gasteiger partial charge in [-0.15, -0.1) is 0 Å². The second kappa shape index (κ2) is 6.07. The van der Waals surface area contributed by atoms with Gasteiger partial charge in [-0.25, -0.2) is 0 Å². The zero-order valence-electron chi connectivity index (χ0n) is 12.5. The number of furan rings is 1. The van der Waals surface area contributed by atoms with Gasteiger partial charge in [-0.3, -0.25) is 4.79 Å². The Balaban J connectivity index is 1.33. The average Bonchev–Trinajstić information content (AvgIpc) is 3.32.